The minimum atomic E-state index is 0.490. The molecule has 0 aliphatic heterocycles. The molecule has 5 heteroatoms. The van der Waals surface area contributed by atoms with E-state index < -0.39 is 0 Å². The van der Waals surface area contributed by atoms with Gasteiger partial charge in [0, 0.05) is 11.8 Å². The molecule has 2 aromatic rings. The Balaban J connectivity index is 2.31. The second-order valence-corrected chi connectivity index (χ2v) is 4.95. The van der Waals surface area contributed by atoms with Crippen LogP contribution in [0.2, 0.25) is 0 Å². The maximum absolute atomic E-state index is 5.69. The number of aryl methyl sites for hydroxylation is 3. The molecular weight excluding hydrogens is 232 g/mol. The van der Waals surface area contributed by atoms with Gasteiger partial charge < -0.3 is 5.73 Å². The Hall–Kier alpha value is -1.62. The molecule has 0 aliphatic rings. The van der Waals surface area contributed by atoms with Crippen LogP contribution in [-0.2, 0) is 0 Å². The number of hydrogen-bond donors (Lipinski definition) is 1. The van der Waals surface area contributed by atoms with Crippen LogP contribution in [-0.4, -0.2) is 15.0 Å². The van der Waals surface area contributed by atoms with E-state index in [9.17, 15) is 0 Å². The third-order valence-electron chi connectivity index (χ3n) is 2.12. The van der Waals surface area contributed by atoms with Crippen LogP contribution >= 0.6 is 11.8 Å². The van der Waals surface area contributed by atoms with Crippen molar-refractivity contribution in [3.8, 4) is 0 Å². The van der Waals surface area contributed by atoms with Crippen molar-refractivity contribution in [2.45, 2.75) is 30.8 Å². The summed E-state index contributed by atoms with van der Waals surface area (Å²) in [5.41, 5.74) is 7.89. The maximum Gasteiger partial charge on any atom is 0.128 e. The molecule has 17 heavy (non-hydrogen) atoms. The molecule has 2 heterocycles. The lowest BCUT2D eigenvalue weighted by Gasteiger charge is -2.04. The molecule has 0 saturated carbocycles. The van der Waals surface area contributed by atoms with Crippen LogP contribution in [0.3, 0.4) is 0 Å². The molecule has 2 aromatic heterocycles. The summed E-state index contributed by atoms with van der Waals surface area (Å²) in [5, 5.41) is 1.76. The number of rotatable bonds is 2. The molecule has 0 aromatic carbocycles. The number of pyridine rings is 1. The number of hydrogen-bond acceptors (Lipinski definition) is 5. The van der Waals surface area contributed by atoms with Gasteiger partial charge in [0.15, 0.2) is 0 Å². The fraction of sp³-hybridized carbons (Fsp3) is 0.250. The minimum Gasteiger partial charge on any atom is -0.384 e. The van der Waals surface area contributed by atoms with Crippen molar-refractivity contribution in [2.24, 2.45) is 0 Å². The summed E-state index contributed by atoms with van der Waals surface area (Å²) in [6, 6.07) is 5.84. The summed E-state index contributed by atoms with van der Waals surface area (Å²) >= 11 is 1.50. The maximum atomic E-state index is 5.69. The Morgan fingerprint density at radius 1 is 0.941 bits per heavy atom. The van der Waals surface area contributed by atoms with E-state index in [0.29, 0.717) is 11.6 Å². The Labute approximate surface area is 105 Å². The predicted octanol–water partition coefficient (Wildman–Crippen LogP) is 2.53. The lowest BCUT2D eigenvalue weighted by molar-refractivity contribution is 0.967. The van der Waals surface area contributed by atoms with Gasteiger partial charge in [-0.1, -0.05) is 0 Å². The molecule has 0 saturated heterocycles. The number of nitrogens with two attached hydrogens (primary N) is 1. The summed E-state index contributed by atoms with van der Waals surface area (Å²) in [6.45, 7) is 5.87. The lowest BCUT2D eigenvalue weighted by Crippen LogP contribution is -1.96. The molecule has 2 rings (SSSR count). The third kappa shape index (κ3) is 3.17. The van der Waals surface area contributed by atoms with Crippen LogP contribution < -0.4 is 5.73 Å². The molecule has 0 fully saturated rings. The SMILES string of the molecule is Cc1cc(C)nc(Sc2cc(N)nc(C)n2)c1. The van der Waals surface area contributed by atoms with Crippen molar-refractivity contribution < 1.29 is 0 Å². The van der Waals surface area contributed by atoms with E-state index in [1.807, 2.05) is 26.0 Å². The number of anilines is 1. The first-order valence-electron chi connectivity index (χ1n) is 5.27. The zero-order valence-corrected chi connectivity index (χ0v) is 10.9. The van der Waals surface area contributed by atoms with Crippen LogP contribution in [0.25, 0.3) is 0 Å². The lowest BCUT2D eigenvalue weighted by atomic mass is 10.3. The molecule has 0 amide bonds. The largest absolute Gasteiger partial charge is 0.384 e. The molecule has 0 radical (unpaired) electrons. The molecule has 0 unspecified atom stereocenters. The van der Waals surface area contributed by atoms with Gasteiger partial charge >= 0.3 is 0 Å². The first-order chi connectivity index (χ1) is 8.02. The van der Waals surface area contributed by atoms with E-state index in [-0.39, 0.29) is 0 Å². The molecule has 4 nitrogen and oxygen atoms in total. The molecule has 0 spiro atoms. The molecule has 0 bridgehead atoms. The second kappa shape index (κ2) is 4.71. The highest BCUT2D eigenvalue weighted by Crippen LogP contribution is 2.26. The fourth-order valence-corrected chi connectivity index (χ4v) is 2.58. The van der Waals surface area contributed by atoms with Gasteiger partial charge in [0.1, 0.15) is 21.7 Å². The van der Waals surface area contributed by atoms with Crippen LogP contribution in [0.4, 0.5) is 5.82 Å². The average Bonchev–Trinajstić information content (AvgIpc) is 2.13. The van der Waals surface area contributed by atoms with Crippen molar-refractivity contribution in [1.29, 1.82) is 0 Å². The van der Waals surface area contributed by atoms with Crippen LogP contribution in [0.1, 0.15) is 17.1 Å². The molecule has 88 valence electrons. The zero-order valence-electron chi connectivity index (χ0n) is 10.1. The highest BCUT2D eigenvalue weighted by molar-refractivity contribution is 7.99. The Morgan fingerprint density at radius 2 is 1.65 bits per heavy atom. The van der Waals surface area contributed by atoms with E-state index in [1.165, 1.54) is 17.3 Å². The number of nitrogens with zero attached hydrogens (tertiary/aromatic N) is 3. The number of nitrogen functional groups attached to an aromatic ring is 1. The van der Waals surface area contributed by atoms with E-state index >= 15 is 0 Å². The summed E-state index contributed by atoms with van der Waals surface area (Å²) in [6.07, 6.45) is 0. The quantitative estimate of drug-likeness (QED) is 0.825. The summed E-state index contributed by atoms with van der Waals surface area (Å²) in [4.78, 5) is 12.8. The molecular formula is C12H14N4S. The van der Waals surface area contributed by atoms with Crippen molar-refractivity contribution >= 4 is 17.6 Å². The van der Waals surface area contributed by atoms with Crippen molar-refractivity contribution in [2.75, 3.05) is 5.73 Å². The van der Waals surface area contributed by atoms with Gasteiger partial charge in [-0.2, -0.15) is 0 Å². The van der Waals surface area contributed by atoms with Gasteiger partial charge in [-0.25, -0.2) is 15.0 Å². The predicted molar refractivity (Wildman–Crippen MR) is 69.0 cm³/mol. The van der Waals surface area contributed by atoms with Crippen LogP contribution in [0, 0.1) is 20.8 Å². The van der Waals surface area contributed by atoms with Crippen LogP contribution in [0.15, 0.2) is 28.3 Å². The van der Waals surface area contributed by atoms with E-state index in [2.05, 4.69) is 21.9 Å². The summed E-state index contributed by atoms with van der Waals surface area (Å²) in [5.74, 6) is 1.17. The van der Waals surface area contributed by atoms with Gasteiger partial charge in [0.05, 0.1) is 0 Å². The first kappa shape index (κ1) is 11.9. The minimum absolute atomic E-state index is 0.490. The van der Waals surface area contributed by atoms with Crippen molar-refractivity contribution in [3.63, 3.8) is 0 Å². The van der Waals surface area contributed by atoms with E-state index in [1.54, 1.807) is 6.07 Å². The smallest absolute Gasteiger partial charge is 0.128 e. The fourth-order valence-electron chi connectivity index (χ4n) is 1.58. The Morgan fingerprint density at radius 3 is 2.29 bits per heavy atom. The van der Waals surface area contributed by atoms with Gasteiger partial charge in [0.2, 0.25) is 0 Å². The molecule has 0 aliphatic carbocycles. The second-order valence-electron chi connectivity index (χ2n) is 3.90. The highest BCUT2D eigenvalue weighted by atomic mass is 32.2. The van der Waals surface area contributed by atoms with Gasteiger partial charge in [-0.15, -0.1) is 0 Å². The van der Waals surface area contributed by atoms with Gasteiger partial charge in [-0.05, 0) is 50.2 Å². The monoisotopic (exact) mass is 246 g/mol. The molecule has 2 N–H and O–H groups in total. The van der Waals surface area contributed by atoms with E-state index in [4.69, 9.17) is 5.73 Å². The summed E-state index contributed by atoms with van der Waals surface area (Å²) < 4.78 is 0. The van der Waals surface area contributed by atoms with Crippen molar-refractivity contribution in [3.05, 3.63) is 35.3 Å². The number of aromatic nitrogens is 3. The normalized spacial score (nSPS) is 10.5. The topological polar surface area (TPSA) is 64.7 Å². The van der Waals surface area contributed by atoms with Crippen molar-refractivity contribution in [1.82, 2.24) is 15.0 Å². The van der Waals surface area contributed by atoms with Crippen LogP contribution in [0.5, 0.6) is 0 Å². The average molecular weight is 246 g/mol. The zero-order chi connectivity index (χ0) is 12.4. The van der Waals surface area contributed by atoms with Gasteiger partial charge in [-0.3, -0.25) is 0 Å². The molecule has 0 atom stereocenters. The Bertz CT molecular complexity index is 464. The summed E-state index contributed by atoms with van der Waals surface area (Å²) in [7, 11) is 0. The Kier molecular flexibility index (Phi) is 3.28. The third-order valence-corrected chi connectivity index (χ3v) is 2.95. The first-order valence-corrected chi connectivity index (χ1v) is 6.09. The van der Waals surface area contributed by atoms with Gasteiger partial charge in [0.25, 0.3) is 0 Å². The standard InChI is InChI=1S/C12H14N4S/c1-7-4-8(2)14-11(5-7)17-12-6-10(13)15-9(3)16-12/h4-6H,1-3H3,(H2,13,15,16). The highest BCUT2D eigenvalue weighted by Gasteiger charge is 2.04. The van der Waals surface area contributed by atoms with E-state index in [0.717, 1.165) is 15.7 Å².